The van der Waals surface area contributed by atoms with E-state index in [1.54, 1.807) is 0 Å². The lowest BCUT2D eigenvalue weighted by Crippen LogP contribution is -2.37. The average molecular weight is 275 g/mol. The first-order valence-electron chi connectivity index (χ1n) is 7.95. The molecule has 3 rings (SSSR count). The minimum absolute atomic E-state index is 0.0102. The molecule has 0 aromatic rings. The molecule has 0 spiro atoms. The molecular formula is C17H25NO2. The Kier molecular flexibility index (Phi) is 3.97. The Hall–Kier alpha value is -1.09. The largest absolute Gasteiger partial charge is 0.455 e. The summed E-state index contributed by atoms with van der Waals surface area (Å²) >= 11 is 0. The molecule has 3 nitrogen and oxygen atoms in total. The molecule has 0 aromatic carbocycles. The molecule has 110 valence electrons. The van der Waals surface area contributed by atoms with Crippen LogP contribution in [0.2, 0.25) is 0 Å². The zero-order valence-corrected chi connectivity index (χ0v) is 12.5. The number of carbonyl (C=O) groups is 1. The minimum atomic E-state index is -0.138. The van der Waals surface area contributed by atoms with Crippen LogP contribution in [0.4, 0.5) is 0 Å². The van der Waals surface area contributed by atoms with E-state index in [4.69, 9.17) is 4.74 Å². The van der Waals surface area contributed by atoms with Crippen molar-refractivity contribution in [2.75, 3.05) is 13.1 Å². The molecule has 0 aliphatic carbocycles. The minimum Gasteiger partial charge on any atom is -0.455 e. The second kappa shape index (κ2) is 5.72. The molecule has 20 heavy (non-hydrogen) atoms. The van der Waals surface area contributed by atoms with Crippen molar-refractivity contribution >= 4 is 5.97 Å². The van der Waals surface area contributed by atoms with Gasteiger partial charge in [0.05, 0.1) is 0 Å². The Morgan fingerprint density at radius 3 is 3.05 bits per heavy atom. The second-order valence-electron chi connectivity index (χ2n) is 6.55. The molecule has 4 atom stereocenters. The molecule has 3 aliphatic rings. The first kappa shape index (κ1) is 13.9. The van der Waals surface area contributed by atoms with Gasteiger partial charge in [0.25, 0.3) is 0 Å². The van der Waals surface area contributed by atoms with Crippen LogP contribution in [0.1, 0.15) is 39.5 Å². The fourth-order valence-electron chi connectivity index (χ4n) is 4.01. The van der Waals surface area contributed by atoms with Gasteiger partial charge in [0.15, 0.2) is 0 Å². The molecule has 0 aromatic heterocycles. The van der Waals surface area contributed by atoms with Crippen molar-refractivity contribution < 1.29 is 9.53 Å². The lowest BCUT2D eigenvalue weighted by Gasteiger charge is -2.32. The highest BCUT2D eigenvalue weighted by molar-refractivity contribution is 5.90. The van der Waals surface area contributed by atoms with Gasteiger partial charge in [-0.05, 0) is 57.1 Å². The molecule has 3 aliphatic heterocycles. The summed E-state index contributed by atoms with van der Waals surface area (Å²) in [7, 11) is 0. The van der Waals surface area contributed by atoms with Crippen molar-refractivity contribution in [1.82, 2.24) is 4.90 Å². The second-order valence-corrected chi connectivity index (χ2v) is 6.55. The van der Waals surface area contributed by atoms with Gasteiger partial charge in [0.1, 0.15) is 6.10 Å². The van der Waals surface area contributed by atoms with Gasteiger partial charge >= 0.3 is 5.97 Å². The number of fused-ring (bicyclic) bond motifs is 1. The van der Waals surface area contributed by atoms with Crippen molar-refractivity contribution in [1.29, 1.82) is 0 Å². The number of nitrogens with zero attached hydrogens (tertiary/aromatic N) is 1. The molecule has 3 heterocycles. The molecule has 0 radical (unpaired) electrons. The SMILES string of the molecule is CC1=C[C@H](C[C@@H](C)[C@H]2C=CCCN3CCC[C@@H]23)OC1=O. The lowest BCUT2D eigenvalue weighted by molar-refractivity contribution is -0.140. The van der Waals surface area contributed by atoms with Crippen LogP contribution in [-0.2, 0) is 9.53 Å². The summed E-state index contributed by atoms with van der Waals surface area (Å²) in [6, 6.07) is 0.700. The fraction of sp³-hybridized carbons (Fsp3) is 0.706. The van der Waals surface area contributed by atoms with Gasteiger partial charge in [-0.3, -0.25) is 4.90 Å². The lowest BCUT2D eigenvalue weighted by atomic mass is 9.82. The van der Waals surface area contributed by atoms with E-state index in [9.17, 15) is 4.79 Å². The molecule has 0 amide bonds. The summed E-state index contributed by atoms with van der Waals surface area (Å²) in [4.78, 5) is 14.1. The summed E-state index contributed by atoms with van der Waals surface area (Å²) < 4.78 is 5.41. The Balaban J connectivity index is 1.66. The summed E-state index contributed by atoms with van der Waals surface area (Å²) in [5.41, 5.74) is 0.765. The highest BCUT2D eigenvalue weighted by atomic mass is 16.5. The van der Waals surface area contributed by atoms with Crippen LogP contribution in [0.3, 0.4) is 0 Å². The molecule has 0 saturated carbocycles. The maximum Gasteiger partial charge on any atom is 0.334 e. The van der Waals surface area contributed by atoms with E-state index in [1.807, 2.05) is 13.0 Å². The topological polar surface area (TPSA) is 29.5 Å². The van der Waals surface area contributed by atoms with E-state index >= 15 is 0 Å². The van der Waals surface area contributed by atoms with E-state index in [0.717, 1.165) is 12.0 Å². The maximum atomic E-state index is 11.5. The first-order valence-corrected chi connectivity index (χ1v) is 7.95. The predicted molar refractivity (Wildman–Crippen MR) is 79.3 cm³/mol. The van der Waals surface area contributed by atoms with Gasteiger partial charge in [-0.15, -0.1) is 0 Å². The summed E-state index contributed by atoms with van der Waals surface area (Å²) in [6.45, 7) is 6.62. The van der Waals surface area contributed by atoms with Crippen LogP contribution in [0.25, 0.3) is 0 Å². The van der Waals surface area contributed by atoms with Gasteiger partial charge < -0.3 is 4.74 Å². The van der Waals surface area contributed by atoms with Crippen LogP contribution >= 0.6 is 0 Å². The maximum absolute atomic E-state index is 11.5. The third kappa shape index (κ3) is 2.69. The molecule has 0 unspecified atom stereocenters. The summed E-state index contributed by atoms with van der Waals surface area (Å²) in [5.74, 6) is 1.02. The third-order valence-corrected chi connectivity index (χ3v) is 5.08. The van der Waals surface area contributed by atoms with Crippen LogP contribution in [0.15, 0.2) is 23.8 Å². The van der Waals surface area contributed by atoms with Gasteiger partial charge in [-0.2, -0.15) is 0 Å². The standard InChI is InChI=1S/C17H25NO2/c1-12(10-14-11-13(2)17(19)20-14)15-6-3-4-8-18-9-5-7-16(15)18/h3,6,11-12,14-16H,4-5,7-10H2,1-2H3/t12-,14+,15-,16+/m1/s1. The molecule has 1 saturated heterocycles. The van der Waals surface area contributed by atoms with Gasteiger partial charge in [0, 0.05) is 18.2 Å². The zero-order valence-electron chi connectivity index (χ0n) is 12.5. The number of carbonyl (C=O) groups excluding carboxylic acids is 1. The van der Waals surface area contributed by atoms with Crippen molar-refractivity contribution in [2.24, 2.45) is 11.8 Å². The summed E-state index contributed by atoms with van der Waals surface area (Å²) in [5, 5.41) is 0. The number of esters is 1. The monoisotopic (exact) mass is 275 g/mol. The molecule has 1 fully saturated rings. The van der Waals surface area contributed by atoms with E-state index in [0.29, 0.717) is 17.9 Å². The van der Waals surface area contributed by atoms with E-state index in [-0.39, 0.29) is 12.1 Å². The molecular weight excluding hydrogens is 250 g/mol. The number of ether oxygens (including phenoxy) is 1. The van der Waals surface area contributed by atoms with Gasteiger partial charge in [-0.1, -0.05) is 19.1 Å². The highest BCUT2D eigenvalue weighted by Crippen LogP contribution is 2.35. The zero-order chi connectivity index (χ0) is 14.1. The van der Waals surface area contributed by atoms with Crippen LogP contribution in [0.5, 0.6) is 0 Å². The Morgan fingerprint density at radius 2 is 2.30 bits per heavy atom. The van der Waals surface area contributed by atoms with Crippen molar-refractivity contribution in [3.8, 4) is 0 Å². The van der Waals surface area contributed by atoms with Crippen molar-refractivity contribution in [3.63, 3.8) is 0 Å². The number of cyclic esters (lactones) is 1. The Morgan fingerprint density at radius 1 is 1.45 bits per heavy atom. The van der Waals surface area contributed by atoms with Crippen molar-refractivity contribution in [3.05, 3.63) is 23.8 Å². The van der Waals surface area contributed by atoms with Crippen molar-refractivity contribution in [2.45, 2.75) is 51.7 Å². The van der Waals surface area contributed by atoms with Crippen LogP contribution in [-0.4, -0.2) is 36.1 Å². The Labute approximate surface area is 121 Å². The summed E-state index contributed by atoms with van der Waals surface area (Å²) in [6.07, 6.45) is 11.5. The first-order chi connectivity index (χ1) is 9.65. The molecule has 0 N–H and O–H groups in total. The normalized spacial score (nSPS) is 35.4. The highest BCUT2D eigenvalue weighted by Gasteiger charge is 2.35. The third-order valence-electron chi connectivity index (χ3n) is 5.08. The number of hydrogen-bond acceptors (Lipinski definition) is 3. The van der Waals surface area contributed by atoms with E-state index in [2.05, 4.69) is 24.0 Å². The molecule has 0 bridgehead atoms. The predicted octanol–water partition coefficient (Wildman–Crippen LogP) is 2.92. The van der Waals surface area contributed by atoms with Gasteiger partial charge in [0.2, 0.25) is 0 Å². The van der Waals surface area contributed by atoms with E-state index < -0.39 is 0 Å². The van der Waals surface area contributed by atoms with Crippen LogP contribution < -0.4 is 0 Å². The van der Waals surface area contributed by atoms with Crippen LogP contribution in [0, 0.1) is 11.8 Å². The Bertz CT molecular complexity index is 440. The number of hydrogen-bond donors (Lipinski definition) is 0. The fourth-order valence-corrected chi connectivity index (χ4v) is 4.01. The number of rotatable bonds is 3. The average Bonchev–Trinajstić information content (AvgIpc) is 2.92. The quantitative estimate of drug-likeness (QED) is 0.586. The molecule has 3 heteroatoms. The van der Waals surface area contributed by atoms with Gasteiger partial charge in [-0.25, -0.2) is 4.79 Å². The smallest absolute Gasteiger partial charge is 0.334 e. The van der Waals surface area contributed by atoms with E-state index in [1.165, 1.54) is 32.4 Å².